The van der Waals surface area contributed by atoms with Crippen molar-refractivity contribution in [2.24, 2.45) is 5.73 Å². The average molecular weight is 218 g/mol. The number of anilines is 1. The van der Waals surface area contributed by atoms with Crippen LogP contribution >= 0.6 is 0 Å². The summed E-state index contributed by atoms with van der Waals surface area (Å²) < 4.78 is 2.18. The highest BCUT2D eigenvalue weighted by molar-refractivity contribution is 5.59. The molecule has 2 N–H and O–H groups in total. The van der Waals surface area contributed by atoms with Gasteiger partial charge in [-0.15, -0.1) is 0 Å². The van der Waals surface area contributed by atoms with Crippen LogP contribution < -0.4 is 10.6 Å². The lowest BCUT2D eigenvalue weighted by Crippen LogP contribution is -2.15. The topological polar surface area (TPSA) is 46.6 Å². The van der Waals surface area contributed by atoms with E-state index >= 15 is 0 Å². The zero-order valence-corrected chi connectivity index (χ0v) is 10.1. The summed E-state index contributed by atoms with van der Waals surface area (Å²) >= 11 is 0. The van der Waals surface area contributed by atoms with Gasteiger partial charge in [-0.3, -0.25) is 4.40 Å². The number of fused-ring (bicyclic) bond motifs is 1. The van der Waals surface area contributed by atoms with E-state index in [2.05, 4.69) is 32.5 Å². The Labute approximate surface area is 95.7 Å². The van der Waals surface area contributed by atoms with Crippen molar-refractivity contribution in [3.05, 3.63) is 29.7 Å². The summed E-state index contributed by atoms with van der Waals surface area (Å²) in [5, 5.41) is 0. The monoisotopic (exact) mass is 218 g/mol. The summed E-state index contributed by atoms with van der Waals surface area (Å²) in [6, 6.07) is 6.25. The van der Waals surface area contributed by atoms with Crippen LogP contribution in [0.15, 0.2) is 18.2 Å². The molecule has 0 radical (unpaired) electrons. The van der Waals surface area contributed by atoms with E-state index in [0.29, 0.717) is 6.54 Å². The molecule has 86 valence electrons. The standard InChI is InChI=1S/C12H18N4/c1-9-10-5-4-6-12(15(2)3)16(10)11(14-9)7-8-13/h4-6H,7-8,13H2,1-3H3. The van der Waals surface area contributed by atoms with Gasteiger partial charge in [0.05, 0.1) is 11.2 Å². The maximum Gasteiger partial charge on any atom is 0.116 e. The maximum absolute atomic E-state index is 5.62. The van der Waals surface area contributed by atoms with Gasteiger partial charge in [0.1, 0.15) is 11.6 Å². The van der Waals surface area contributed by atoms with Crippen molar-refractivity contribution in [3.8, 4) is 0 Å². The zero-order valence-electron chi connectivity index (χ0n) is 10.1. The van der Waals surface area contributed by atoms with Crippen molar-refractivity contribution in [1.82, 2.24) is 9.38 Å². The van der Waals surface area contributed by atoms with Crippen LogP contribution in [0.25, 0.3) is 5.52 Å². The average Bonchev–Trinajstić information content (AvgIpc) is 2.57. The van der Waals surface area contributed by atoms with E-state index in [0.717, 1.165) is 29.3 Å². The first kappa shape index (κ1) is 11.0. The molecule has 0 amide bonds. The van der Waals surface area contributed by atoms with E-state index in [1.807, 2.05) is 21.0 Å². The molecule has 4 heteroatoms. The second-order valence-electron chi connectivity index (χ2n) is 4.15. The molecule has 0 spiro atoms. The lowest BCUT2D eigenvalue weighted by Gasteiger charge is -2.16. The van der Waals surface area contributed by atoms with Gasteiger partial charge in [0.25, 0.3) is 0 Å². The van der Waals surface area contributed by atoms with Crippen LogP contribution in [-0.2, 0) is 6.42 Å². The predicted octanol–water partition coefficient (Wildman–Crippen LogP) is 1.21. The Morgan fingerprint density at radius 1 is 1.38 bits per heavy atom. The smallest absolute Gasteiger partial charge is 0.116 e. The number of rotatable bonds is 3. The second-order valence-corrected chi connectivity index (χ2v) is 4.15. The first-order valence-electron chi connectivity index (χ1n) is 5.49. The third-order valence-electron chi connectivity index (χ3n) is 2.72. The van der Waals surface area contributed by atoms with Gasteiger partial charge >= 0.3 is 0 Å². The Hall–Kier alpha value is -1.55. The highest BCUT2D eigenvalue weighted by Crippen LogP contribution is 2.20. The molecule has 0 saturated carbocycles. The fraction of sp³-hybridized carbons (Fsp3) is 0.417. The number of hydrogen-bond acceptors (Lipinski definition) is 3. The van der Waals surface area contributed by atoms with Gasteiger partial charge < -0.3 is 10.6 Å². The summed E-state index contributed by atoms with van der Waals surface area (Å²) in [4.78, 5) is 6.67. The minimum atomic E-state index is 0.625. The Morgan fingerprint density at radius 3 is 2.75 bits per heavy atom. The highest BCUT2D eigenvalue weighted by Gasteiger charge is 2.11. The molecular weight excluding hydrogens is 200 g/mol. The first-order valence-corrected chi connectivity index (χ1v) is 5.49. The third-order valence-corrected chi connectivity index (χ3v) is 2.72. The van der Waals surface area contributed by atoms with Crippen LogP contribution in [0.2, 0.25) is 0 Å². The van der Waals surface area contributed by atoms with E-state index in [9.17, 15) is 0 Å². The molecule has 0 bridgehead atoms. The van der Waals surface area contributed by atoms with Gasteiger partial charge in [-0.1, -0.05) is 6.07 Å². The van der Waals surface area contributed by atoms with Gasteiger partial charge in [0, 0.05) is 20.5 Å². The molecule has 0 aromatic carbocycles. The normalized spacial score (nSPS) is 11.0. The van der Waals surface area contributed by atoms with E-state index in [4.69, 9.17) is 5.73 Å². The molecule has 0 atom stereocenters. The molecule has 2 aromatic rings. The number of pyridine rings is 1. The SMILES string of the molecule is Cc1nc(CCN)n2c(N(C)C)cccc12. The van der Waals surface area contributed by atoms with Crippen LogP contribution in [0.3, 0.4) is 0 Å². The number of aryl methyl sites for hydroxylation is 1. The summed E-state index contributed by atoms with van der Waals surface area (Å²) in [6.07, 6.45) is 0.805. The van der Waals surface area contributed by atoms with Crippen LogP contribution in [0.4, 0.5) is 5.82 Å². The lowest BCUT2D eigenvalue weighted by atomic mass is 10.3. The van der Waals surface area contributed by atoms with Crippen LogP contribution in [0, 0.1) is 6.92 Å². The van der Waals surface area contributed by atoms with E-state index in [1.165, 1.54) is 0 Å². The molecule has 0 aliphatic rings. The molecule has 4 nitrogen and oxygen atoms in total. The zero-order chi connectivity index (χ0) is 11.7. The van der Waals surface area contributed by atoms with Crippen molar-refractivity contribution in [2.75, 3.05) is 25.5 Å². The molecule has 0 unspecified atom stereocenters. The quantitative estimate of drug-likeness (QED) is 0.842. The Kier molecular flexibility index (Phi) is 2.83. The molecule has 0 aliphatic carbocycles. The van der Waals surface area contributed by atoms with Gasteiger partial charge in [-0.2, -0.15) is 0 Å². The Morgan fingerprint density at radius 2 is 2.12 bits per heavy atom. The summed E-state index contributed by atoms with van der Waals surface area (Å²) in [5.74, 6) is 2.18. The first-order chi connectivity index (χ1) is 7.65. The number of nitrogens with zero attached hydrogens (tertiary/aromatic N) is 3. The fourth-order valence-electron chi connectivity index (χ4n) is 2.00. The highest BCUT2D eigenvalue weighted by atomic mass is 15.2. The molecule has 2 rings (SSSR count). The van der Waals surface area contributed by atoms with E-state index < -0.39 is 0 Å². The molecule has 0 saturated heterocycles. The summed E-state index contributed by atoms with van der Waals surface area (Å²) in [6.45, 7) is 2.66. The maximum atomic E-state index is 5.62. The van der Waals surface area contributed by atoms with Crippen LogP contribution in [0.5, 0.6) is 0 Å². The number of imidazole rings is 1. The molecular formula is C12H18N4. The second kappa shape index (κ2) is 4.14. The Balaban J connectivity index is 2.72. The fourth-order valence-corrected chi connectivity index (χ4v) is 2.00. The molecule has 0 aliphatic heterocycles. The van der Waals surface area contributed by atoms with Crippen molar-refractivity contribution < 1.29 is 0 Å². The van der Waals surface area contributed by atoms with Gasteiger partial charge in [-0.25, -0.2) is 4.98 Å². The molecule has 2 heterocycles. The van der Waals surface area contributed by atoms with Gasteiger partial charge in [0.15, 0.2) is 0 Å². The Bertz CT molecular complexity index is 499. The molecule has 0 fully saturated rings. The van der Waals surface area contributed by atoms with Crippen molar-refractivity contribution >= 4 is 11.3 Å². The predicted molar refractivity (Wildman–Crippen MR) is 67.0 cm³/mol. The number of hydrogen-bond donors (Lipinski definition) is 1. The molecule has 16 heavy (non-hydrogen) atoms. The van der Waals surface area contributed by atoms with Crippen LogP contribution in [0.1, 0.15) is 11.5 Å². The van der Waals surface area contributed by atoms with E-state index in [-0.39, 0.29) is 0 Å². The minimum absolute atomic E-state index is 0.625. The summed E-state index contributed by atoms with van der Waals surface area (Å²) in [7, 11) is 4.08. The third kappa shape index (κ3) is 1.65. The van der Waals surface area contributed by atoms with Gasteiger partial charge in [0.2, 0.25) is 0 Å². The number of aromatic nitrogens is 2. The van der Waals surface area contributed by atoms with E-state index in [1.54, 1.807) is 0 Å². The summed E-state index contributed by atoms with van der Waals surface area (Å²) in [5.41, 5.74) is 7.84. The largest absolute Gasteiger partial charge is 0.364 e. The lowest BCUT2D eigenvalue weighted by molar-refractivity contribution is 0.850. The minimum Gasteiger partial charge on any atom is -0.364 e. The van der Waals surface area contributed by atoms with Crippen molar-refractivity contribution in [2.45, 2.75) is 13.3 Å². The molecule has 2 aromatic heterocycles. The van der Waals surface area contributed by atoms with Crippen molar-refractivity contribution in [1.29, 1.82) is 0 Å². The van der Waals surface area contributed by atoms with Crippen molar-refractivity contribution in [3.63, 3.8) is 0 Å². The number of nitrogens with two attached hydrogens (primary N) is 1. The van der Waals surface area contributed by atoms with Crippen LogP contribution in [-0.4, -0.2) is 30.0 Å². The van der Waals surface area contributed by atoms with Gasteiger partial charge in [-0.05, 0) is 25.6 Å².